The molecule has 1 saturated carbocycles. The van der Waals surface area contributed by atoms with Crippen LogP contribution in [-0.2, 0) is 33.6 Å². The van der Waals surface area contributed by atoms with Crippen molar-refractivity contribution in [1.29, 1.82) is 0 Å². The number of unbranched alkanes of at least 4 members (excludes halogenated alkanes) is 14. The van der Waals surface area contributed by atoms with Crippen LogP contribution < -0.4 is 0 Å². The minimum absolute atomic E-state index is 0.0577. The maximum Gasteiger partial charge on any atom is 0.417 e. The third-order valence-electron chi connectivity index (χ3n) is 9.55. The molecule has 10 heteroatoms. The third-order valence-corrected chi connectivity index (χ3v) is 11.8. The lowest BCUT2D eigenvalue weighted by Crippen LogP contribution is -2.26. The molecule has 274 valence electrons. The van der Waals surface area contributed by atoms with E-state index in [2.05, 4.69) is 19.0 Å². The lowest BCUT2D eigenvalue weighted by molar-refractivity contribution is -0.139. The Morgan fingerprint density at radius 1 is 0.854 bits per heavy atom. The predicted molar refractivity (Wildman–Crippen MR) is 186 cm³/mol. The van der Waals surface area contributed by atoms with Crippen molar-refractivity contribution in [3.8, 4) is 11.1 Å². The molecule has 0 unspecified atom stereocenters. The number of halogens is 3. The Labute approximate surface area is 287 Å². The number of aliphatic hydroxyl groups excluding tert-OH is 1. The molecule has 1 fully saturated rings. The lowest BCUT2D eigenvalue weighted by atomic mass is 9.96. The first-order valence-electron chi connectivity index (χ1n) is 18.7. The average molecular weight is 700 g/mol. The Morgan fingerprint density at radius 2 is 1.40 bits per heavy atom. The zero-order valence-electron chi connectivity index (χ0n) is 29.8. The second-order valence-corrected chi connectivity index (χ2v) is 16.2. The van der Waals surface area contributed by atoms with E-state index < -0.39 is 43.9 Å². The number of sulfone groups is 1. The van der Waals surface area contributed by atoms with E-state index in [9.17, 15) is 26.7 Å². The number of hydrogen-bond acceptors (Lipinski definition) is 6. The minimum atomic E-state index is -4.91. The van der Waals surface area contributed by atoms with Gasteiger partial charge in [-0.15, -0.1) is 0 Å². The Morgan fingerprint density at radius 3 is 1.94 bits per heavy atom. The Balaban J connectivity index is 1.85. The molecule has 1 aromatic heterocycles. The summed E-state index contributed by atoms with van der Waals surface area (Å²) in [5.74, 6) is 0.562. The minimum Gasteiger partial charge on any atom is -0.390 e. The molecular formula is C38H60F3NO5S. The van der Waals surface area contributed by atoms with Gasteiger partial charge in [0.05, 0.1) is 39.7 Å². The number of alkyl halides is 3. The normalized spacial score (nSPS) is 18.7. The summed E-state index contributed by atoms with van der Waals surface area (Å²) in [6.07, 6.45) is 12.0. The number of aliphatic hydroxyl groups is 1. The largest absolute Gasteiger partial charge is 0.417 e. The van der Waals surface area contributed by atoms with E-state index in [4.69, 9.17) is 9.26 Å². The molecule has 1 aliphatic carbocycles. The van der Waals surface area contributed by atoms with E-state index in [1.807, 2.05) is 0 Å². The summed E-state index contributed by atoms with van der Waals surface area (Å²) in [6.45, 7) is 7.93. The summed E-state index contributed by atoms with van der Waals surface area (Å²) in [7, 11) is -4.42. The quantitative estimate of drug-likeness (QED) is 0.116. The third kappa shape index (κ3) is 12.1. The molecular weight excluding hydrogens is 639 g/mol. The standard InChI is InChI=1S/C38H60F3NO5S/c1-5-7-9-11-13-15-17-19-21-32-37(34(47-42-32)22-20-18-16-14-12-10-8-6-2)29-23-24-36(31(25-29)38(39,40)41)48(44,45)30-26-33(43)35(27-30)46-28(3)4/h23-25,28,30,33,35,43H,5-22,26-27H2,1-4H3/t30-,33-,35-/m0/s1. The van der Waals surface area contributed by atoms with E-state index in [0.717, 1.165) is 50.7 Å². The summed E-state index contributed by atoms with van der Waals surface area (Å²) in [4.78, 5) is -0.758. The smallest absolute Gasteiger partial charge is 0.390 e. The van der Waals surface area contributed by atoms with Crippen LogP contribution in [0, 0.1) is 0 Å². The van der Waals surface area contributed by atoms with E-state index in [1.54, 1.807) is 13.8 Å². The van der Waals surface area contributed by atoms with Crippen molar-refractivity contribution in [2.24, 2.45) is 0 Å². The van der Waals surface area contributed by atoms with Crippen LogP contribution in [-0.4, -0.2) is 42.2 Å². The fourth-order valence-electron chi connectivity index (χ4n) is 6.89. The van der Waals surface area contributed by atoms with Gasteiger partial charge in [0.15, 0.2) is 9.84 Å². The van der Waals surface area contributed by atoms with E-state index in [0.29, 0.717) is 29.9 Å². The van der Waals surface area contributed by atoms with Crippen molar-refractivity contribution in [2.75, 3.05) is 0 Å². The van der Waals surface area contributed by atoms with Crippen LogP contribution in [0.25, 0.3) is 11.1 Å². The van der Waals surface area contributed by atoms with E-state index in [-0.39, 0.29) is 24.5 Å². The molecule has 3 atom stereocenters. The Kier molecular flexibility index (Phi) is 16.9. The molecule has 0 bridgehead atoms. The topological polar surface area (TPSA) is 89.6 Å². The van der Waals surface area contributed by atoms with Gasteiger partial charge in [0, 0.05) is 12.0 Å². The molecule has 2 aromatic rings. The summed E-state index contributed by atoms with van der Waals surface area (Å²) < 4.78 is 82.7. The highest BCUT2D eigenvalue weighted by molar-refractivity contribution is 7.92. The van der Waals surface area contributed by atoms with Gasteiger partial charge in [-0.2, -0.15) is 13.2 Å². The van der Waals surface area contributed by atoms with Crippen LogP contribution in [0.1, 0.15) is 160 Å². The van der Waals surface area contributed by atoms with Crippen LogP contribution in [0.4, 0.5) is 13.2 Å². The van der Waals surface area contributed by atoms with Gasteiger partial charge >= 0.3 is 6.18 Å². The van der Waals surface area contributed by atoms with Crippen molar-refractivity contribution >= 4 is 9.84 Å². The second kappa shape index (κ2) is 20.1. The average Bonchev–Trinajstić information content (AvgIpc) is 3.61. The van der Waals surface area contributed by atoms with Gasteiger partial charge in [0.2, 0.25) is 0 Å². The number of hydrogen-bond donors (Lipinski definition) is 1. The molecule has 48 heavy (non-hydrogen) atoms. The van der Waals surface area contributed by atoms with Crippen LogP contribution in [0.15, 0.2) is 27.6 Å². The zero-order chi connectivity index (χ0) is 35.2. The van der Waals surface area contributed by atoms with Gasteiger partial charge in [-0.25, -0.2) is 8.42 Å². The van der Waals surface area contributed by atoms with Crippen LogP contribution in [0.2, 0.25) is 0 Å². The number of nitrogens with zero attached hydrogens (tertiary/aromatic N) is 1. The molecule has 6 nitrogen and oxygen atoms in total. The molecule has 0 amide bonds. The lowest BCUT2D eigenvalue weighted by Gasteiger charge is -2.19. The molecule has 0 saturated heterocycles. The van der Waals surface area contributed by atoms with Crippen molar-refractivity contribution in [3.05, 3.63) is 35.2 Å². The molecule has 1 aromatic carbocycles. The fraction of sp³-hybridized carbons (Fsp3) is 0.763. The first kappa shape index (κ1) is 40.5. The predicted octanol–water partition coefficient (Wildman–Crippen LogP) is 10.8. The number of rotatable bonds is 23. The zero-order valence-corrected chi connectivity index (χ0v) is 30.6. The molecule has 0 radical (unpaired) electrons. The Bertz CT molecular complexity index is 1290. The van der Waals surface area contributed by atoms with Gasteiger partial charge in [-0.3, -0.25) is 0 Å². The SMILES string of the molecule is CCCCCCCCCCc1noc(CCCCCCCCCC)c1-c1ccc(S(=O)(=O)[C@@H]2C[C@H](OC(C)C)[C@@H](O)C2)c(C(F)(F)F)c1. The fourth-order valence-corrected chi connectivity index (χ4v) is 8.89. The van der Waals surface area contributed by atoms with Crippen LogP contribution >= 0.6 is 0 Å². The number of aryl methyl sites for hydroxylation is 2. The number of benzene rings is 1. The van der Waals surface area contributed by atoms with Gasteiger partial charge < -0.3 is 14.4 Å². The molecule has 0 spiro atoms. The van der Waals surface area contributed by atoms with Gasteiger partial charge in [0.25, 0.3) is 0 Å². The molecule has 0 aliphatic heterocycles. The van der Waals surface area contributed by atoms with E-state index in [1.165, 1.54) is 70.3 Å². The summed E-state index contributed by atoms with van der Waals surface area (Å²) in [5, 5.41) is 13.6. The number of ether oxygens (including phenoxy) is 1. The van der Waals surface area contributed by atoms with Gasteiger partial charge in [-0.1, -0.05) is 115 Å². The van der Waals surface area contributed by atoms with Crippen LogP contribution in [0.3, 0.4) is 0 Å². The highest BCUT2D eigenvalue weighted by atomic mass is 32.2. The maximum absolute atomic E-state index is 14.6. The van der Waals surface area contributed by atoms with Crippen LogP contribution in [0.5, 0.6) is 0 Å². The summed E-state index contributed by atoms with van der Waals surface area (Å²) in [5.41, 5.74) is 0.281. The number of aromatic nitrogens is 1. The monoisotopic (exact) mass is 699 g/mol. The van der Waals surface area contributed by atoms with Crippen molar-refractivity contribution in [1.82, 2.24) is 5.16 Å². The highest BCUT2D eigenvalue weighted by Gasteiger charge is 2.45. The second-order valence-electron chi connectivity index (χ2n) is 14.0. The summed E-state index contributed by atoms with van der Waals surface area (Å²) >= 11 is 0. The highest BCUT2D eigenvalue weighted by Crippen LogP contribution is 2.42. The van der Waals surface area contributed by atoms with Crippen molar-refractivity contribution < 1.29 is 36.0 Å². The van der Waals surface area contributed by atoms with Crippen molar-refractivity contribution in [2.45, 2.75) is 191 Å². The van der Waals surface area contributed by atoms with Gasteiger partial charge in [-0.05, 0) is 63.6 Å². The first-order chi connectivity index (χ1) is 22.9. The van der Waals surface area contributed by atoms with Crippen molar-refractivity contribution in [3.63, 3.8) is 0 Å². The maximum atomic E-state index is 14.6. The summed E-state index contributed by atoms with van der Waals surface area (Å²) in [6, 6.07) is 3.52. The molecule has 1 aliphatic rings. The van der Waals surface area contributed by atoms with E-state index >= 15 is 0 Å². The Hall–Kier alpha value is -1.91. The molecule has 1 heterocycles. The first-order valence-corrected chi connectivity index (χ1v) is 20.2. The molecule has 1 N–H and O–H groups in total. The molecule has 3 rings (SSSR count). The van der Waals surface area contributed by atoms with Gasteiger partial charge in [0.1, 0.15) is 5.76 Å².